The van der Waals surface area contributed by atoms with Gasteiger partial charge in [-0.15, -0.1) is 0 Å². The Hall–Kier alpha value is -0.760. The van der Waals surface area contributed by atoms with E-state index in [1.165, 1.54) is 0 Å². The highest BCUT2D eigenvalue weighted by Crippen LogP contribution is 2.01. The fourth-order valence-electron chi connectivity index (χ4n) is 0.763. The summed E-state index contributed by atoms with van der Waals surface area (Å²) < 4.78 is 2.10. The summed E-state index contributed by atoms with van der Waals surface area (Å²) in [6.45, 7) is 2.80. The maximum absolute atomic E-state index is 5.44. The zero-order chi connectivity index (χ0) is 6.69. The van der Waals surface area contributed by atoms with Gasteiger partial charge in [-0.3, -0.25) is 0 Å². The van der Waals surface area contributed by atoms with E-state index in [9.17, 15) is 0 Å². The predicted molar refractivity (Wildman–Crippen MR) is 38.2 cm³/mol. The third-order valence-electron chi connectivity index (χ3n) is 1.48. The third kappa shape index (κ3) is 1.33. The van der Waals surface area contributed by atoms with Crippen molar-refractivity contribution in [1.82, 2.24) is 4.57 Å². The van der Waals surface area contributed by atoms with Crippen LogP contribution in [-0.2, 0) is 0 Å². The molecule has 1 heterocycles. The molecule has 1 atom stereocenters. The van der Waals surface area contributed by atoms with Crippen molar-refractivity contribution in [2.75, 3.05) is 6.54 Å². The molecule has 9 heavy (non-hydrogen) atoms. The van der Waals surface area contributed by atoms with E-state index in [4.69, 9.17) is 5.73 Å². The number of nitrogens with two attached hydrogens (primary N) is 1. The summed E-state index contributed by atoms with van der Waals surface area (Å²) in [6.07, 6.45) is 4.05. The first-order valence-electron chi connectivity index (χ1n) is 3.17. The quantitative estimate of drug-likeness (QED) is 0.626. The molecule has 2 heteroatoms. The minimum atomic E-state index is 0.431. The Morgan fingerprint density at radius 1 is 1.44 bits per heavy atom. The van der Waals surface area contributed by atoms with Crippen molar-refractivity contribution >= 4 is 0 Å². The van der Waals surface area contributed by atoms with Crippen LogP contribution in [0.4, 0.5) is 0 Å². The molecule has 1 aromatic rings. The molecule has 0 spiro atoms. The summed E-state index contributed by atoms with van der Waals surface area (Å²) in [5.74, 6) is 0. The van der Waals surface area contributed by atoms with Gasteiger partial charge in [0, 0.05) is 25.0 Å². The van der Waals surface area contributed by atoms with Crippen molar-refractivity contribution in [3.63, 3.8) is 0 Å². The van der Waals surface area contributed by atoms with Gasteiger partial charge in [0.2, 0.25) is 0 Å². The molecular formula is C7H12N2. The number of aromatic nitrogens is 1. The Morgan fingerprint density at radius 3 is 2.44 bits per heavy atom. The molecule has 2 nitrogen and oxygen atoms in total. The second-order valence-corrected chi connectivity index (χ2v) is 2.21. The molecule has 0 aliphatic carbocycles. The highest BCUT2D eigenvalue weighted by Gasteiger charge is 1.96. The van der Waals surface area contributed by atoms with E-state index < -0.39 is 0 Å². The normalized spacial score (nSPS) is 13.6. The van der Waals surface area contributed by atoms with E-state index in [2.05, 4.69) is 11.5 Å². The molecule has 0 saturated heterocycles. The van der Waals surface area contributed by atoms with Crippen molar-refractivity contribution in [1.29, 1.82) is 0 Å². The molecule has 0 aliphatic rings. The van der Waals surface area contributed by atoms with E-state index in [1.807, 2.05) is 24.5 Å². The number of hydrogen-bond acceptors (Lipinski definition) is 1. The summed E-state index contributed by atoms with van der Waals surface area (Å²) in [4.78, 5) is 0. The maximum atomic E-state index is 5.44. The molecule has 0 aliphatic heterocycles. The molecule has 1 rings (SSSR count). The van der Waals surface area contributed by atoms with Gasteiger partial charge >= 0.3 is 0 Å². The van der Waals surface area contributed by atoms with E-state index in [0.29, 0.717) is 12.6 Å². The standard InChI is InChI=1S/C7H12N2/c1-7(6-8)9-4-2-3-5-9/h2-5,7H,6,8H2,1H3. The monoisotopic (exact) mass is 124 g/mol. The molecule has 0 bridgehead atoms. The van der Waals surface area contributed by atoms with Gasteiger partial charge in [0.25, 0.3) is 0 Å². The van der Waals surface area contributed by atoms with E-state index in [0.717, 1.165) is 0 Å². The smallest absolute Gasteiger partial charge is 0.0424 e. The molecule has 0 fully saturated rings. The van der Waals surface area contributed by atoms with Gasteiger partial charge < -0.3 is 10.3 Å². The SMILES string of the molecule is CC(CN)n1cccc1. The average molecular weight is 124 g/mol. The maximum Gasteiger partial charge on any atom is 0.0424 e. The van der Waals surface area contributed by atoms with Crippen LogP contribution >= 0.6 is 0 Å². The zero-order valence-corrected chi connectivity index (χ0v) is 5.62. The van der Waals surface area contributed by atoms with Crippen LogP contribution in [0.2, 0.25) is 0 Å². The topological polar surface area (TPSA) is 30.9 Å². The second-order valence-electron chi connectivity index (χ2n) is 2.21. The number of nitrogens with zero attached hydrogens (tertiary/aromatic N) is 1. The van der Waals surface area contributed by atoms with Gasteiger partial charge in [0.05, 0.1) is 0 Å². The first-order chi connectivity index (χ1) is 4.34. The summed E-state index contributed by atoms with van der Waals surface area (Å²) in [5, 5.41) is 0. The Bertz CT molecular complexity index is 155. The van der Waals surface area contributed by atoms with Crippen LogP contribution in [0.1, 0.15) is 13.0 Å². The van der Waals surface area contributed by atoms with Crippen molar-refractivity contribution in [2.24, 2.45) is 5.73 Å². The van der Waals surface area contributed by atoms with Crippen molar-refractivity contribution < 1.29 is 0 Å². The predicted octanol–water partition coefficient (Wildman–Crippen LogP) is 1.01. The summed E-state index contributed by atoms with van der Waals surface area (Å²) >= 11 is 0. The molecule has 1 unspecified atom stereocenters. The van der Waals surface area contributed by atoms with Gasteiger partial charge in [0.1, 0.15) is 0 Å². The second kappa shape index (κ2) is 2.69. The fraction of sp³-hybridized carbons (Fsp3) is 0.429. The highest BCUT2D eigenvalue weighted by molar-refractivity contribution is 4.92. The van der Waals surface area contributed by atoms with Crippen molar-refractivity contribution in [3.05, 3.63) is 24.5 Å². The fourth-order valence-corrected chi connectivity index (χ4v) is 0.763. The lowest BCUT2D eigenvalue weighted by molar-refractivity contribution is 0.561. The molecule has 0 radical (unpaired) electrons. The van der Waals surface area contributed by atoms with Crippen molar-refractivity contribution in [2.45, 2.75) is 13.0 Å². The van der Waals surface area contributed by atoms with Crippen LogP contribution in [0.15, 0.2) is 24.5 Å². The highest BCUT2D eigenvalue weighted by atomic mass is 15.0. The number of rotatable bonds is 2. The first-order valence-corrected chi connectivity index (χ1v) is 3.17. The third-order valence-corrected chi connectivity index (χ3v) is 1.48. The Kier molecular flexibility index (Phi) is 1.90. The Morgan fingerprint density at radius 2 is 2.00 bits per heavy atom. The van der Waals surface area contributed by atoms with Crippen LogP contribution in [0.5, 0.6) is 0 Å². The lowest BCUT2D eigenvalue weighted by Crippen LogP contribution is -2.14. The minimum absolute atomic E-state index is 0.431. The van der Waals surface area contributed by atoms with Crippen LogP contribution in [0.3, 0.4) is 0 Å². The van der Waals surface area contributed by atoms with Crippen LogP contribution in [0.25, 0.3) is 0 Å². The van der Waals surface area contributed by atoms with Gasteiger partial charge in [-0.25, -0.2) is 0 Å². The lowest BCUT2D eigenvalue weighted by atomic mass is 10.3. The lowest BCUT2D eigenvalue weighted by Gasteiger charge is -2.08. The van der Waals surface area contributed by atoms with E-state index in [-0.39, 0.29) is 0 Å². The molecule has 2 N–H and O–H groups in total. The van der Waals surface area contributed by atoms with Gasteiger partial charge in [-0.05, 0) is 19.1 Å². The van der Waals surface area contributed by atoms with Crippen LogP contribution in [0, 0.1) is 0 Å². The summed E-state index contributed by atoms with van der Waals surface area (Å²) in [7, 11) is 0. The molecular weight excluding hydrogens is 112 g/mol. The molecule has 50 valence electrons. The van der Waals surface area contributed by atoms with Gasteiger partial charge in [0.15, 0.2) is 0 Å². The Balaban J connectivity index is 2.65. The summed E-state index contributed by atoms with van der Waals surface area (Å²) in [6, 6.07) is 4.44. The van der Waals surface area contributed by atoms with E-state index >= 15 is 0 Å². The first kappa shape index (κ1) is 6.36. The molecule has 1 aromatic heterocycles. The zero-order valence-electron chi connectivity index (χ0n) is 5.62. The van der Waals surface area contributed by atoms with Crippen LogP contribution < -0.4 is 5.73 Å². The average Bonchev–Trinajstić information content (AvgIpc) is 2.37. The van der Waals surface area contributed by atoms with E-state index in [1.54, 1.807) is 0 Å². The summed E-state index contributed by atoms with van der Waals surface area (Å²) in [5.41, 5.74) is 5.44. The molecule has 0 saturated carbocycles. The van der Waals surface area contributed by atoms with Crippen molar-refractivity contribution in [3.8, 4) is 0 Å². The molecule has 0 amide bonds. The molecule has 0 aromatic carbocycles. The van der Waals surface area contributed by atoms with Gasteiger partial charge in [-0.2, -0.15) is 0 Å². The largest absolute Gasteiger partial charge is 0.350 e. The Labute approximate surface area is 55.3 Å². The minimum Gasteiger partial charge on any atom is -0.350 e. The van der Waals surface area contributed by atoms with Gasteiger partial charge in [-0.1, -0.05) is 0 Å². The van der Waals surface area contributed by atoms with Crippen LogP contribution in [-0.4, -0.2) is 11.1 Å². The number of hydrogen-bond donors (Lipinski definition) is 1.